The summed E-state index contributed by atoms with van der Waals surface area (Å²) in [5, 5.41) is 4.39. The van der Waals surface area contributed by atoms with Gasteiger partial charge in [-0.2, -0.15) is 0 Å². The zero-order valence-electron chi connectivity index (χ0n) is 20.7. The molecule has 3 aromatic rings. The first-order valence-electron chi connectivity index (χ1n) is 13.0. The lowest BCUT2D eigenvalue weighted by Gasteiger charge is -2.40. The minimum atomic E-state index is -1.13. The summed E-state index contributed by atoms with van der Waals surface area (Å²) in [7, 11) is 0. The van der Waals surface area contributed by atoms with Gasteiger partial charge in [0.25, 0.3) is 5.91 Å². The van der Waals surface area contributed by atoms with Gasteiger partial charge in [0.05, 0.1) is 18.3 Å². The number of ether oxygens (including phenoxy) is 1. The number of fused-ring (bicyclic) bond motifs is 1. The number of carbonyl (C=O) groups is 2. The van der Waals surface area contributed by atoms with Gasteiger partial charge in [0.1, 0.15) is 0 Å². The van der Waals surface area contributed by atoms with Crippen LogP contribution in [0.5, 0.6) is 0 Å². The molecule has 3 aliphatic heterocycles. The van der Waals surface area contributed by atoms with Crippen LogP contribution in [-0.2, 0) is 21.6 Å². The van der Waals surface area contributed by atoms with E-state index in [2.05, 4.69) is 51.4 Å². The van der Waals surface area contributed by atoms with Crippen molar-refractivity contribution < 1.29 is 14.3 Å². The average Bonchev–Trinajstić information content (AvgIpc) is 3.60. The number of nitrogens with zero attached hydrogens (tertiary/aromatic N) is 3. The van der Waals surface area contributed by atoms with Gasteiger partial charge in [0, 0.05) is 35.9 Å². The molecule has 2 atom stereocenters. The normalized spacial score (nSPS) is 25.7. The highest BCUT2D eigenvalue weighted by molar-refractivity contribution is 6.07. The van der Waals surface area contributed by atoms with Crippen LogP contribution in [0.3, 0.4) is 0 Å². The average molecular weight is 488 g/mol. The highest BCUT2D eigenvalue weighted by Gasteiger charge is 2.58. The maximum atomic E-state index is 14.0. The van der Waals surface area contributed by atoms with Crippen molar-refractivity contribution in [2.45, 2.75) is 50.8 Å². The molecule has 3 fully saturated rings. The summed E-state index contributed by atoms with van der Waals surface area (Å²) in [6.45, 7) is 5.70. The first-order valence-corrected chi connectivity index (χ1v) is 13.0. The Kier molecular flexibility index (Phi) is 6.01. The molecule has 0 bridgehead atoms. The van der Waals surface area contributed by atoms with E-state index in [9.17, 15) is 9.59 Å². The van der Waals surface area contributed by atoms with Crippen LogP contribution >= 0.6 is 0 Å². The van der Waals surface area contributed by atoms with Crippen molar-refractivity contribution in [1.82, 2.24) is 25.1 Å². The number of carbonyl (C=O) groups excluding carboxylic acids is 2. The number of pyridine rings is 1. The van der Waals surface area contributed by atoms with E-state index in [1.54, 1.807) is 6.20 Å². The Bertz CT molecular complexity index is 1260. The summed E-state index contributed by atoms with van der Waals surface area (Å²) in [6.07, 6.45) is 5.07. The maximum absolute atomic E-state index is 14.0. The van der Waals surface area contributed by atoms with Gasteiger partial charge < -0.3 is 15.0 Å². The molecule has 0 spiro atoms. The van der Waals surface area contributed by atoms with Crippen LogP contribution < -0.4 is 5.32 Å². The van der Waals surface area contributed by atoms with E-state index in [-0.39, 0.29) is 24.0 Å². The highest BCUT2D eigenvalue weighted by atomic mass is 16.5. The number of benzene rings is 1. The second-order valence-corrected chi connectivity index (χ2v) is 10.3. The number of urea groups is 1. The number of para-hydroxylation sites is 1. The summed E-state index contributed by atoms with van der Waals surface area (Å²) in [5.41, 5.74) is 3.20. The lowest BCUT2D eigenvalue weighted by Crippen LogP contribution is -2.54. The number of hydrogen-bond acceptors (Lipinski definition) is 5. The number of H-pyrrole nitrogens is 1. The molecule has 0 saturated carbocycles. The molecule has 0 radical (unpaired) electrons. The Labute approximate surface area is 211 Å². The van der Waals surface area contributed by atoms with Crippen molar-refractivity contribution in [3.05, 3.63) is 65.6 Å². The minimum Gasteiger partial charge on any atom is -0.376 e. The molecule has 0 aliphatic carbocycles. The molecule has 3 saturated heterocycles. The number of nitrogens with one attached hydrogen (secondary N) is 2. The molecule has 8 nitrogen and oxygen atoms in total. The molecule has 36 heavy (non-hydrogen) atoms. The number of likely N-dealkylation sites (tertiary alicyclic amines) is 1. The number of amides is 3. The van der Waals surface area contributed by atoms with Crippen molar-refractivity contribution in [3.8, 4) is 0 Å². The predicted octanol–water partition coefficient (Wildman–Crippen LogP) is 3.71. The van der Waals surface area contributed by atoms with Gasteiger partial charge >= 0.3 is 6.03 Å². The molecule has 2 unspecified atom stereocenters. The molecular weight excluding hydrogens is 454 g/mol. The Hall–Kier alpha value is -3.23. The fourth-order valence-electron chi connectivity index (χ4n) is 6.29. The van der Waals surface area contributed by atoms with Crippen LogP contribution in [0.25, 0.3) is 10.9 Å². The smallest absolute Gasteiger partial charge is 0.325 e. The van der Waals surface area contributed by atoms with E-state index in [0.29, 0.717) is 18.8 Å². The largest absolute Gasteiger partial charge is 0.376 e. The van der Waals surface area contributed by atoms with E-state index in [1.165, 1.54) is 27.1 Å². The van der Waals surface area contributed by atoms with E-state index < -0.39 is 5.54 Å². The molecule has 3 amide bonds. The number of aromatic amines is 1. The molecule has 3 aliphatic rings. The molecule has 2 N–H and O–H groups in total. The van der Waals surface area contributed by atoms with Crippen LogP contribution in [0.15, 0.2) is 48.7 Å². The molecular formula is C28H33N5O3. The third-order valence-electron chi connectivity index (χ3n) is 8.22. The molecule has 188 valence electrons. The number of aromatic nitrogens is 2. The summed E-state index contributed by atoms with van der Waals surface area (Å²) >= 11 is 0. The number of piperidine rings is 1. The van der Waals surface area contributed by atoms with E-state index in [0.717, 1.165) is 45.3 Å². The lowest BCUT2D eigenvalue weighted by molar-refractivity contribution is -0.135. The van der Waals surface area contributed by atoms with Gasteiger partial charge in [-0.3, -0.25) is 19.6 Å². The van der Waals surface area contributed by atoms with Crippen molar-refractivity contribution in [3.63, 3.8) is 0 Å². The summed E-state index contributed by atoms with van der Waals surface area (Å²) in [5.74, 6) is -0.216. The first-order chi connectivity index (χ1) is 17.6. The topological polar surface area (TPSA) is 90.6 Å². The van der Waals surface area contributed by atoms with Crippen LogP contribution in [0, 0.1) is 12.8 Å². The van der Waals surface area contributed by atoms with Gasteiger partial charge in [-0.25, -0.2) is 4.79 Å². The van der Waals surface area contributed by atoms with E-state index >= 15 is 0 Å². The van der Waals surface area contributed by atoms with E-state index in [4.69, 9.17) is 4.74 Å². The summed E-state index contributed by atoms with van der Waals surface area (Å²) in [4.78, 5) is 39.0. The third-order valence-corrected chi connectivity index (χ3v) is 8.22. The molecule has 6 rings (SSSR count). The zero-order valence-corrected chi connectivity index (χ0v) is 20.7. The van der Waals surface area contributed by atoms with Crippen molar-refractivity contribution in [1.29, 1.82) is 0 Å². The fraction of sp³-hybridized carbons (Fsp3) is 0.464. The van der Waals surface area contributed by atoms with Crippen molar-refractivity contribution in [2.24, 2.45) is 5.92 Å². The van der Waals surface area contributed by atoms with Gasteiger partial charge in [-0.1, -0.05) is 24.3 Å². The van der Waals surface area contributed by atoms with Crippen LogP contribution in [0.2, 0.25) is 0 Å². The Morgan fingerprint density at radius 1 is 1.08 bits per heavy atom. The monoisotopic (exact) mass is 487 g/mol. The second kappa shape index (κ2) is 9.33. The number of aryl methyl sites for hydroxylation is 1. The zero-order chi connectivity index (χ0) is 24.7. The Morgan fingerprint density at radius 3 is 2.64 bits per heavy atom. The molecule has 5 heterocycles. The van der Waals surface area contributed by atoms with E-state index in [1.807, 2.05) is 18.2 Å². The number of imide groups is 1. The molecule has 2 aromatic heterocycles. The molecule has 1 aromatic carbocycles. The maximum Gasteiger partial charge on any atom is 0.325 e. The van der Waals surface area contributed by atoms with Gasteiger partial charge in [-0.15, -0.1) is 0 Å². The van der Waals surface area contributed by atoms with Crippen molar-refractivity contribution >= 4 is 22.8 Å². The van der Waals surface area contributed by atoms with Crippen LogP contribution in [-0.4, -0.2) is 64.1 Å². The first kappa shape index (κ1) is 23.2. The summed E-state index contributed by atoms with van der Waals surface area (Å²) in [6, 6.07) is 13.7. The number of rotatable bonds is 6. The van der Waals surface area contributed by atoms with Crippen LogP contribution in [0.4, 0.5) is 4.79 Å². The third kappa shape index (κ3) is 3.89. The van der Waals surface area contributed by atoms with Gasteiger partial charge in [0.15, 0.2) is 5.54 Å². The highest BCUT2D eigenvalue weighted by Crippen LogP contribution is 2.41. The quantitative estimate of drug-likeness (QED) is 0.518. The second-order valence-electron chi connectivity index (χ2n) is 10.3. The van der Waals surface area contributed by atoms with Gasteiger partial charge in [0.2, 0.25) is 0 Å². The fourth-order valence-corrected chi connectivity index (χ4v) is 6.29. The Morgan fingerprint density at radius 2 is 1.89 bits per heavy atom. The standard InChI is InChI=1S/C28H33N5O3/c1-19-23(22-8-2-3-9-24(22)30-19)18-32-14-11-20(12-15-32)28(25-10-4-5-13-29-25)26(34)33(27(35)31-28)17-21-7-6-16-36-21/h2-5,8-10,13,20-21,30H,6-7,11-12,14-18H2,1H3,(H,31,35). The number of hydrogen-bond donors (Lipinski definition) is 2. The Balaban J connectivity index is 1.23. The SMILES string of the molecule is Cc1[nH]c2ccccc2c1CN1CCC(C2(c3ccccn3)NC(=O)N(CC3CCCO3)C2=O)CC1. The van der Waals surface area contributed by atoms with Crippen LogP contribution in [0.1, 0.15) is 42.6 Å². The summed E-state index contributed by atoms with van der Waals surface area (Å²) < 4.78 is 5.74. The predicted molar refractivity (Wildman–Crippen MR) is 136 cm³/mol. The minimum absolute atomic E-state index is 0.0290. The van der Waals surface area contributed by atoms with Gasteiger partial charge in [-0.05, 0) is 75.4 Å². The lowest BCUT2D eigenvalue weighted by atomic mass is 9.75. The molecule has 8 heteroatoms. The van der Waals surface area contributed by atoms with Crippen molar-refractivity contribution in [2.75, 3.05) is 26.2 Å².